The second-order valence-corrected chi connectivity index (χ2v) is 9.29. The minimum absolute atomic E-state index is 0.0624. The van der Waals surface area contributed by atoms with E-state index in [0.717, 1.165) is 16.7 Å². The number of aryl methyl sites for hydroxylation is 1. The van der Waals surface area contributed by atoms with E-state index in [1.165, 1.54) is 0 Å². The van der Waals surface area contributed by atoms with Gasteiger partial charge in [-0.05, 0) is 66.4 Å². The molecule has 0 spiro atoms. The zero-order chi connectivity index (χ0) is 26.3. The van der Waals surface area contributed by atoms with Crippen molar-refractivity contribution >= 4 is 28.5 Å². The SMILES string of the molecule is COc1ccc(C2c3c(oc4cc(C)c(Cl)cc4c3=O)C(=O)N2CCc2ccc(OC)c(OC)c2)cc1. The van der Waals surface area contributed by atoms with E-state index in [1.54, 1.807) is 38.4 Å². The Labute approximate surface area is 219 Å². The van der Waals surface area contributed by atoms with Gasteiger partial charge in [0.1, 0.15) is 11.3 Å². The summed E-state index contributed by atoms with van der Waals surface area (Å²) < 4.78 is 22.1. The van der Waals surface area contributed by atoms with Crippen molar-refractivity contribution in [2.24, 2.45) is 0 Å². The van der Waals surface area contributed by atoms with Gasteiger partial charge in [-0.2, -0.15) is 0 Å². The maximum Gasteiger partial charge on any atom is 0.290 e. The molecule has 5 rings (SSSR count). The van der Waals surface area contributed by atoms with Gasteiger partial charge in [-0.3, -0.25) is 9.59 Å². The summed E-state index contributed by atoms with van der Waals surface area (Å²) in [6.45, 7) is 2.18. The molecular weight excluding hydrogens is 494 g/mol. The van der Waals surface area contributed by atoms with Crippen LogP contribution in [0.25, 0.3) is 11.0 Å². The highest BCUT2D eigenvalue weighted by molar-refractivity contribution is 6.32. The Morgan fingerprint density at radius 3 is 2.32 bits per heavy atom. The molecule has 0 fully saturated rings. The lowest BCUT2D eigenvalue weighted by molar-refractivity contribution is 0.0730. The van der Waals surface area contributed by atoms with Gasteiger partial charge in [-0.15, -0.1) is 0 Å². The number of amides is 1. The lowest BCUT2D eigenvalue weighted by atomic mass is 9.98. The van der Waals surface area contributed by atoms with Gasteiger partial charge < -0.3 is 23.5 Å². The van der Waals surface area contributed by atoms with Crippen molar-refractivity contribution in [3.05, 3.63) is 97.9 Å². The summed E-state index contributed by atoms with van der Waals surface area (Å²) in [6.07, 6.45) is 0.533. The highest BCUT2D eigenvalue weighted by atomic mass is 35.5. The van der Waals surface area contributed by atoms with E-state index in [-0.39, 0.29) is 17.1 Å². The maximum atomic E-state index is 13.8. The maximum absolute atomic E-state index is 13.8. The Balaban J connectivity index is 1.60. The van der Waals surface area contributed by atoms with Crippen molar-refractivity contribution in [2.75, 3.05) is 27.9 Å². The molecule has 0 bridgehead atoms. The van der Waals surface area contributed by atoms with Gasteiger partial charge >= 0.3 is 0 Å². The van der Waals surface area contributed by atoms with E-state index in [2.05, 4.69) is 0 Å². The summed E-state index contributed by atoms with van der Waals surface area (Å²) in [5, 5.41) is 0.817. The van der Waals surface area contributed by atoms with Gasteiger partial charge in [0, 0.05) is 11.6 Å². The monoisotopic (exact) mass is 519 g/mol. The van der Waals surface area contributed by atoms with Crippen LogP contribution in [0.4, 0.5) is 0 Å². The number of methoxy groups -OCH3 is 3. The number of benzene rings is 3. The van der Waals surface area contributed by atoms with E-state index < -0.39 is 6.04 Å². The molecule has 0 saturated heterocycles. The van der Waals surface area contributed by atoms with Gasteiger partial charge in [-0.1, -0.05) is 29.8 Å². The van der Waals surface area contributed by atoms with Crippen LogP contribution in [0.15, 0.2) is 63.8 Å². The number of hydrogen-bond acceptors (Lipinski definition) is 6. The number of ether oxygens (including phenoxy) is 3. The van der Waals surface area contributed by atoms with Gasteiger partial charge in [0.15, 0.2) is 16.9 Å². The standard InChI is InChI=1S/C29H26ClNO6/c1-16-13-23-20(15-21(16)30)27(32)25-26(18-6-8-19(34-2)9-7-18)31(29(33)28(25)37-23)12-11-17-5-10-22(35-3)24(14-17)36-4/h5-10,13-15,26H,11-12H2,1-4H3. The third kappa shape index (κ3) is 4.29. The van der Waals surface area contributed by atoms with Crippen LogP contribution >= 0.6 is 11.6 Å². The Morgan fingerprint density at radius 1 is 0.919 bits per heavy atom. The smallest absolute Gasteiger partial charge is 0.290 e. The molecule has 3 aromatic carbocycles. The Bertz CT molecular complexity index is 1560. The molecular formula is C29H26ClNO6. The van der Waals surface area contributed by atoms with Gasteiger partial charge in [0.25, 0.3) is 5.91 Å². The molecule has 8 heteroatoms. The summed E-state index contributed by atoms with van der Waals surface area (Å²) in [5.41, 5.74) is 2.90. The van der Waals surface area contributed by atoms with Gasteiger partial charge in [-0.25, -0.2) is 0 Å². The molecule has 190 valence electrons. The highest BCUT2D eigenvalue weighted by Crippen LogP contribution is 2.39. The third-order valence-corrected chi connectivity index (χ3v) is 7.18. The second kappa shape index (κ2) is 9.82. The first-order valence-corrected chi connectivity index (χ1v) is 12.2. The molecule has 0 N–H and O–H groups in total. The molecule has 1 aliphatic heterocycles. The van der Waals surface area contributed by atoms with Crippen molar-refractivity contribution in [1.29, 1.82) is 0 Å². The minimum atomic E-state index is -0.616. The van der Waals surface area contributed by atoms with Crippen molar-refractivity contribution in [3.63, 3.8) is 0 Å². The quantitative estimate of drug-likeness (QED) is 0.318. The van der Waals surface area contributed by atoms with Gasteiger partial charge in [0.05, 0.1) is 38.3 Å². The molecule has 7 nitrogen and oxygen atoms in total. The van der Waals surface area contributed by atoms with Crippen molar-refractivity contribution < 1.29 is 23.4 Å². The molecule has 0 radical (unpaired) electrons. The fourth-order valence-corrected chi connectivity index (χ4v) is 4.95. The van der Waals surface area contributed by atoms with Gasteiger partial charge in [0.2, 0.25) is 5.76 Å². The average Bonchev–Trinajstić information content (AvgIpc) is 3.19. The number of carbonyl (C=O) groups excluding carboxylic acids is 1. The van der Waals surface area contributed by atoms with Crippen LogP contribution in [0.5, 0.6) is 17.2 Å². The first kappa shape index (κ1) is 24.7. The predicted octanol–water partition coefficient (Wildman–Crippen LogP) is 5.57. The summed E-state index contributed by atoms with van der Waals surface area (Å²) >= 11 is 6.33. The molecule has 37 heavy (non-hydrogen) atoms. The van der Waals surface area contributed by atoms with Crippen LogP contribution in [0.2, 0.25) is 5.02 Å². The molecule has 2 heterocycles. The largest absolute Gasteiger partial charge is 0.497 e. The third-order valence-electron chi connectivity index (χ3n) is 6.77. The number of fused-ring (bicyclic) bond motifs is 2. The van der Waals surface area contributed by atoms with E-state index in [9.17, 15) is 9.59 Å². The number of halogens is 1. The summed E-state index contributed by atoms with van der Waals surface area (Å²) in [6, 6.07) is 15.7. The number of hydrogen-bond donors (Lipinski definition) is 0. The van der Waals surface area contributed by atoms with E-state index in [4.69, 9.17) is 30.2 Å². The zero-order valence-corrected chi connectivity index (χ0v) is 21.7. The molecule has 1 unspecified atom stereocenters. The summed E-state index contributed by atoms with van der Waals surface area (Å²) in [5.74, 6) is 1.65. The Hall–Kier alpha value is -3.97. The Morgan fingerprint density at radius 2 is 1.65 bits per heavy atom. The second-order valence-electron chi connectivity index (χ2n) is 8.89. The molecule has 1 aliphatic rings. The number of rotatable bonds is 7. The van der Waals surface area contributed by atoms with E-state index in [0.29, 0.717) is 51.8 Å². The molecule has 0 aliphatic carbocycles. The Kier molecular flexibility index (Phi) is 6.56. The highest BCUT2D eigenvalue weighted by Gasteiger charge is 2.42. The average molecular weight is 520 g/mol. The van der Waals surface area contributed by atoms with Crippen LogP contribution < -0.4 is 19.6 Å². The topological polar surface area (TPSA) is 78.2 Å². The first-order valence-electron chi connectivity index (χ1n) is 11.8. The van der Waals surface area contributed by atoms with Crippen LogP contribution in [0.1, 0.15) is 38.9 Å². The first-order chi connectivity index (χ1) is 17.9. The van der Waals surface area contributed by atoms with E-state index >= 15 is 0 Å². The fraction of sp³-hybridized carbons (Fsp3) is 0.241. The predicted molar refractivity (Wildman–Crippen MR) is 141 cm³/mol. The molecule has 1 atom stereocenters. The van der Waals surface area contributed by atoms with E-state index in [1.807, 2.05) is 49.4 Å². The van der Waals surface area contributed by atoms with Crippen molar-refractivity contribution in [2.45, 2.75) is 19.4 Å². The van der Waals surface area contributed by atoms with Crippen LogP contribution in [0, 0.1) is 6.92 Å². The van der Waals surface area contributed by atoms with Crippen LogP contribution in [-0.4, -0.2) is 38.7 Å². The summed E-state index contributed by atoms with van der Waals surface area (Å²) in [4.78, 5) is 29.1. The van der Waals surface area contributed by atoms with Crippen molar-refractivity contribution in [1.82, 2.24) is 4.90 Å². The normalized spacial score (nSPS) is 14.7. The zero-order valence-electron chi connectivity index (χ0n) is 21.0. The lowest BCUT2D eigenvalue weighted by Gasteiger charge is -2.25. The fourth-order valence-electron chi connectivity index (χ4n) is 4.79. The number of nitrogens with zero attached hydrogens (tertiary/aromatic N) is 1. The molecule has 1 aromatic heterocycles. The summed E-state index contributed by atoms with van der Waals surface area (Å²) in [7, 11) is 4.75. The minimum Gasteiger partial charge on any atom is -0.497 e. The van der Waals surface area contributed by atoms with Crippen molar-refractivity contribution in [3.8, 4) is 17.2 Å². The molecule has 1 amide bonds. The number of carbonyl (C=O) groups is 1. The lowest BCUT2D eigenvalue weighted by Crippen LogP contribution is -2.31. The van der Waals surface area contributed by atoms with Crippen LogP contribution in [-0.2, 0) is 6.42 Å². The molecule has 0 saturated carbocycles. The molecule has 4 aromatic rings. The van der Waals surface area contributed by atoms with Crippen LogP contribution in [0.3, 0.4) is 0 Å².